The van der Waals surface area contributed by atoms with Gasteiger partial charge in [-0.2, -0.15) is 0 Å². The molecule has 0 bridgehead atoms. The largest absolute Gasteiger partial charge is 0.317 e. The molecule has 0 aromatic carbocycles. The Kier molecular flexibility index (Phi) is 5.20. The van der Waals surface area contributed by atoms with E-state index in [1.165, 1.54) is 31.6 Å². The molecule has 1 aliphatic heterocycles. The van der Waals surface area contributed by atoms with E-state index < -0.39 is 0 Å². The van der Waals surface area contributed by atoms with Crippen LogP contribution in [0.4, 0.5) is 0 Å². The molecule has 82 valence electrons. The van der Waals surface area contributed by atoms with Gasteiger partial charge in [0.15, 0.2) is 0 Å². The van der Waals surface area contributed by atoms with E-state index in [1.807, 2.05) is 0 Å². The summed E-state index contributed by atoms with van der Waals surface area (Å²) in [6.45, 7) is 12.6. The average Bonchev–Trinajstić information content (AvgIpc) is 2.15. The van der Waals surface area contributed by atoms with Crippen LogP contribution < -0.4 is 5.32 Å². The van der Waals surface area contributed by atoms with Crippen LogP contribution >= 0.6 is 0 Å². The molecule has 0 radical (unpaired) electrons. The quantitative estimate of drug-likeness (QED) is 0.675. The Balaban J connectivity index is 2.20. The maximum atomic E-state index is 3.41. The first-order valence-electron chi connectivity index (χ1n) is 5.81. The Hall–Kier alpha value is -0.340. The molecule has 1 N–H and O–H groups in total. The lowest BCUT2D eigenvalue weighted by Gasteiger charge is -2.28. The summed E-state index contributed by atoms with van der Waals surface area (Å²) < 4.78 is 0. The summed E-state index contributed by atoms with van der Waals surface area (Å²) >= 11 is 0. The Morgan fingerprint density at radius 1 is 1.57 bits per heavy atom. The van der Waals surface area contributed by atoms with E-state index in [0.29, 0.717) is 0 Å². The van der Waals surface area contributed by atoms with Crippen molar-refractivity contribution in [1.82, 2.24) is 10.2 Å². The van der Waals surface area contributed by atoms with Gasteiger partial charge in [0.05, 0.1) is 0 Å². The van der Waals surface area contributed by atoms with Gasteiger partial charge in [-0.25, -0.2) is 0 Å². The second-order valence-electron chi connectivity index (χ2n) is 4.49. The van der Waals surface area contributed by atoms with Crippen LogP contribution in [0.3, 0.4) is 0 Å². The summed E-state index contributed by atoms with van der Waals surface area (Å²) in [4.78, 5) is 2.57. The fraction of sp³-hybridized carbons (Fsp3) is 0.833. The van der Waals surface area contributed by atoms with Crippen molar-refractivity contribution in [1.29, 1.82) is 0 Å². The molecular weight excluding hydrogens is 172 g/mol. The molecular formula is C12H24N2. The van der Waals surface area contributed by atoms with E-state index in [4.69, 9.17) is 0 Å². The minimum absolute atomic E-state index is 0.765. The normalized spacial score (nSPS) is 20.6. The lowest BCUT2D eigenvalue weighted by atomic mass is 10.1. The fourth-order valence-corrected chi connectivity index (χ4v) is 2.04. The summed E-state index contributed by atoms with van der Waals surface area (Å²) in [6.07, 6.45) is 3.60. The lowest BCUT2D eigenvalue weighted by Crippen LogP contribution is -2.36. The number of hydrogen-bond donors (Lipinski definition) is 1. The number of nitrogens with one attached hydrogen (secondary N) is 1. The lowest BCUT2D eigenvalue weighted by molar-refractivity contribution is 0.248. The monoisotopic (exact) mass is 196 g/mol. The molecule has 0 spiro atoms. The molecule has 2 nitrogen and oxygen atoms in total. The zero-order valence-corrected chi connectivity index (χ0v) is 9.84. The van der Waals surface area contributed by atoms with Gasteiger partial charge in [0.25, 0.3) is 0 Å². The third kappa shape index (κ3) is 4.25. The van der Waals surface area contributed by atoms with Crippen molar-refractivity contribution in [2.75, 3.05) is 32.7 Å². The van der Waals surface area contributed by atoms with Gasteiger partial charge < -0.3 is 5.32 Å². The Morgan fingerprint density at radius 2 is 2.36 bits per heavy atom. The predicted molar refractivity (Wildman–Crippen MR) is 62.5 cm³/mol. The van der Waals surface area contributed by atoms with Crippen LogP contribution in [0.5, 0.6) is 0 Å². The highest BCUT2D eigenvalue weighted by molar-refractivity contribution is 5.04. The van der Waals surface area contributed by atoms with E-state index in [-0.39, 0.29) is 0 Å². The summed E-state index contributed by atoms with van der Waals surface area (Å²) in [7, 11) is 0. The molecule has 0 saturated heterocycles. The van der Waals surface area contributed by atoms with E-state index in [0.717, 1.165) is 19.0 Å². The molecule has 14 heavy (non-hydrogen) atoms. The summed E-state index contributed by atoms with van der Waals surface area (Å²) in [6, 6.07) is 0. The van der Waals surface area contributed by atoms with Gasteiger partial charge in [0.2, 0.25) is 0 Å². The Bertz CT molecular complexity index is 187. The standard InChI is InChI=1S/C12H24N2/c1-4-13-8-12(3)10-14-7-5-6-11(2)9-14/h6,12-13H,4-5,7-10H2,1-3H3. The molecule has 1 heterocycles. The number of rotatable bonds is 5. The molecule has 0 aromatic heterocycles. The van der Waals surface area contributed by atoms with Crippen LogP contribution in [0.25, 0.3) is 0 Å². The van der Waals surface area contributed by atoms with Gasteiger partial charge in [-0.1, -0.05) is 25.5 Å². The van der Waals surface area contributed by atoms with Crippen molar-refractivity contribution in [2.24, 2.45) is 5.92 Å². The first kappa shape index (κ1) is 11.7. The molecule has 1 rings (SSSR count). The fourth-order valence-electron chi connectivity index (χ4n) is 2.04. The Labute approximate surface area is 88.4 Å². The van der Waals surface area contributed by atoms with E-state index in [1.54, 1.807) is 0 Å². The zero-order valence-electron chi connectivity index (χ0n) is 9.84. The van der Waals surface area contributed by atoms with Crippen LogP contribution in [0, 0.1) is 5.92 Å². The van der Waals surface area contributed by atoms with Gasteiger partial charge in [-0.15, -0.1) is 0 Å². The second-order valence-corrected chi connectivity index (χ2v) is 4.49. The van der Waals surface area contributed by atoms with Crippen LogP contribution in [0.1, 0.15) is 27.2 Å². The van der Waals surface area contributed by atoms with Crippen molar-refractivity contribution in [3.8, 4) is 0 Å². The van der Waals surface area contributed by atoms with Crippen LogP contribution in [0.2, 0.25) is 0 Å². The molecule has 0 saturated carbocycles. The first-order chi connectivity index (χ1) is 6.72. The van der Waals surface area contributed by atoms with Gasteiger partial charge in [-0.05, 0) is 32.4 Å². The minimum atomic E-state index is 0.765. The number of nitrogens with zero attached hydrogens (tertiary/aromatic N) is 1. The van der Waals surface area contributed by atoms with Gasteiger partial charge in [-0.3, -0.25) is 4.90 Å². The summed E-state index contributed by atoms with van der Waals surface area (Å²) in [5, 5.41) is 3.41. The highest BCUT2D eigenvalue weighted by atomic mass is 15.1. The van der Waals surface area contributed by atoms with Crippen LogP contribution in [-0.4, -0.2) is 37.6 Å². The van der Waals surface area contributed by atoms with Gasteiger partial charge in [0, 0.05) is 19.6 Å². The highest BCUT2D eigenvalue weighted by Gasteiger charge is 2.12. The molecule has 0 aliphatic carbocycles. The topological polar surface area (TPSA) is 15.3 Å². The SMILES string of the molecule is CCNCC(C)CN1CCC=C(C)C1. The van der Waals surface area contributed by atoms with Gasteiger partial charge in [0.1, 0.15) is 0 Å². The van der Waals surface area contributed by atoms with Crippen LogP contribution in [0.15, 0.2) is 11.6 Å². The predicted octanol–water partition coefficient (Wildman–Crippen LogP) is 1.88. The third-order valence-electron chi connectivity index (χ3n) is 2.72. The van der Waals surface area contributed by atoms with Crippen molar-refractivity contribution in [3.05, 3.63) is 11.6 Å². The van der Waals surface area contributed by atoms with E-state index in [2.05, 4.69) is 37.1 Å². The van der Waals surface area contributed by atoms with Crippen molar-refractivity contribution in [2.45, 2.75) is 27.2 Å². The maximum absolute atomic E-state index is 3.41. The van der Waals surface area contributed by atoms with E-state index in [9.17, 15) is 0 Å². The Morgan fingerprint density at radius 3 is 3.00 bits per heavy atom. The minimum Gasteiger partial charge on any atom is -0.317 e. The van der Waals surface area contributed by atoms with E-state index >= 15 is 0 Å². The molecule has 1 atom stereocenters. The molecule has 1 unspecified atom stereocenters. The summed E-state index contributed by atoms with van der Waals surface area (Å²) in [5.74, 6) is 0.765. The third-order valence-corrected chi connectivity index (χ3v) is 2.72. The smallest absolute Gasteiger partial charge is 0.0190 e. The molecule has 2 heteroatoms. The average molecular weight is 196 g/mol. The molecule has 0 aromatic rings. The number of hydrogen-bond acceptors (Lipinski definition) is 2. The van der Waals surface area contributed by atoms with Crippen molar-refractivity contribution >= 4 is 0 Å². The highest BCUT2D eigenvalue weighted by Crippen LogP contribution is 2.10. The first-order valence-corrected chi connectivity index (χ1v) is 5.81. The maximum Gasteiger partial charge on any atom is 0.0190 e. The van der Waals surface area contributed by atoms with Crippen molar-refractivity contribution < 1.29 is 0 Å². The van der Waals surface area contributed by atoms with Gasteiger partial charge >= 0.3 is 0 Å². The summed E-state index contributed by atoms with van der Waals surface area (Å²) in [5.41, 5.74) is 1.53. The van der Waals surface area contributed by atoms with Crippen molar-refractivity contribution in [3.63, 3.8) is 0 Å². The molecule has 0 amide bonds. The molecule has 0 fully saturated rings. The second kappa shape index (κ2) is 6.20. The zero-order chi connectivity index (χ0) is 10.4. The molecule has 1 aliphatic rings. The van der Waals surface area contributed by atoms with Crippen LogP contribution in [-0.2, 0) is 0 Å².